The fourth-order valence-electron chi connectivity index (χ4n) is 4.50. The van der Waals surface area contributed by atoms with Gasteiger partial charge >= 0.3 is 18.0 Å². The fraction of sp³-hybridized carbons (Fsp3) is 0.815. The number of hydrogen-bond donors (Lipinski definition) is 3. The van der Waals surface area contributed by atoms with Crippen molar-refractivity contribution in [2.75, 3.05) is 6.54 Å². The number of ether oxygens (including phenoxy) is 3. The SMILES string of the molecule is CC(C)C(NC(=O)CNC(=O)OC(C)(C)C)C(=O)NC(CCC(=O)OC1CCCC1)C(=O)OC1CCCC1. The van der Waals surface area contributed by atoms with Crippen molar-refractivity contribution < 1.29 is 38.2 Å². The van der Waals surface area contributed by atoms with Crippen LogP contribution in [0.2, 0.25) is 0 Å². The second kappa shape index (κ2) is 14.9. The van der Waals surface area contributed by atoms with E-state index in [9.17, 15) is 24.0 Å². The molecule has 0 aromatic carbocycles. The molecule has 3 amide bonds. The Morgan fingerprint density at radius 3 is 1.92 bits per heavy atom. The summed E-state index contributed by atoms with van der Waals surface area (Å²) in [6.45, 7) is 8.22. The minimum absolute atomic E-state index is 0.0296. The zero-order valence-electron chi connectivity index (χ0n) is 23.4. The van der Waals surface area contributed by atoms with Crippen LogP contribution < -0.4 is 16.0 Å². The lowest BCUT2D eigenvalue weighted by Crippen LogP contribution is -2.55. The number of carbonyl (C=O) groups excluding carboxylic acids is 5. The van der Waals surface area contributed by atoms with Crippen LogP contribution in [-0.2, 0) is 33.4 Å². The van der Waals surface area contributed by atoms with Gasteiger partial charge in [-0.15, -0.1) is 0 Å². The van der Waals surface area contributed by atoms with Gasteiger partial charge in [-0.2, -0.15) is 0 Å². The van der Waals surface area contributed by atoms with Crippen molar-refractivity contribution >= 4 is 29.8 Å². The van der Waals surface area contributed by atoms with E-state index >= 15 is 0 Å². The molecule has 3 N–H and O–H groups in total. The highest BCUT2D eigenvalue weighted by Gasteiger charge is 2.32. The Morgan fingerprint density at radius 2 is 1.39 bits per heavy atom. The maximum absolute atomic E-state index is 13.2. The smallest absolute Gasteiger partial charge is 0.408 e. The summed E-state index contributed by atoms with van der Waals surface area (Å²) in [5.74, 6) is -2.50. The van der Waals surface area contributed by atoms with E-state index < -0.39 is 47.5 Å². The zero-order chi connectivity index (χ0) is 28.3. The van der Waals surface area contributed by atoms with Gasteiger partial charge in [-0.05, 0) is 84.5 Å². The molecule has 2 atom stereocenters. The quantitative estimate of drug-likeness (QED) is 0.253. The Bertz CT molecular complexity index is 827. The molecule has 0 radical (unpaired) electrons. The summed E-state index contributed by atoms with van der Waals surface area (Å²) in [5.41, 5.74) is -0.716. The number of alkyl carbamates (subject to hydrolysis) is 1. The summed E-state index contributed by atoms with van der Waals surface area (Å²) in [5, 5.41) is 7.63. The van der Waals surface area contributed by atoms with Crippen LogP contribution in [0.15, 0.2) is 0 Å². The summed E-state index contributed by atoms with van der Waals surface area (Å²) in [4.78, 5) is 62.8. The number of rotatable bonds is 12. The molecule has 0 aromatic heterocycles. The summed E-state index contributed by atoms with van der Waals surface area (Å²) < 4.78 is 16.2. The highest BCUT2D eigenvalue weighted by atomic mass is 16.6. The van der Waals surface area contributed by atoms with Gasteiger partial charge < -0.3 is 30.2 Å². The molecule has 0 saturated heterocycles. The lowest BCUT2D eigenvalue weighted by molar-refractivity contribution is -0.154. The molecule has 216 valence electrons. The minimum atomic E-state index is -1.06. The van der Waals surface area contributed by atoms with Crippen molar-refractivity contribution in [3.05, 3.63) is 0 Å². The van der Waals surface area contributed by atoms with Gasteiger partial charge in [0.15, 0.2) is 0 Å². The topological polar surface area (TPSA) is 149 Å². The second-order valence-electron chi connectivity index (χ2n) is 11.5. The molecule has 0 heterocycles. The van der Waals surface area contributed by atoms with Gasteiger partial charge in [-0.3, -0.25) is 14.4 Å². The maximum atomic E-state index is 13.2. The standard InChI is InChI=1S/C27H45N3O8/c1-17(2)23(30-21(31)16-28-26(35)38-27(3,4)5)24(33)29-20(25(34)37-19-12-8-9-13-19)14-15-22(32)36-18-10-6-7-11-18/h17-20,23H,6-16H2,1-5H3,(H,28,35)(H,29,33)(H,30,31). The molecule has 11 nitrogen and oxygen atoms in total. The van der Waals surface area contributed by atoms with E-state index in [0.29, 0.717) is 0 Å². The van der Waals surface area contributed by atoms with Gasteiger partial charge in [0, 0.05) is 6.42 Å². The van der Waals surface area contributed by atoms with Crippen LogP contribution >= 0.6 is 0 Å². The van der Waals surface area contributed by atoms with E-state index in [1.807, 2.05) is 0 Å². The van der Waals surface area contributed by atoms with Crippen molar-refractivity contribution in [1.82, 2.24) is 16.0 Å². The van der Waals surface area contributed by atoms with Crippen molar-refractivity contribution in [1.29, 1.82) is 0 Å². The molecule has 2 aliphatic rings. The average Bonchev–Trinajstić information content (AvgIpc) is 3.51. The lowest BCUT2D eigenvalue weighted by Gasteiger charge is -2.26. The summed E-state index contributed by atoms with van der Waals surface area (Å²) in [6, 6.07) is -2.03. The molecule has 0 bridgehead atoms. The van der Waals surface area contributed by atoms with Gasteiger partial charge in [-0.1, -0.05) is 13.8 Å². The number of esters is 2. The first kappa shape index (κ1) is 31.4. The predicted octanol–water partition coefficient (Wildman–Crippen LogP) is 2.89. The molecule has 0 aromatic rings. The average molecular weight is 540 g/mol. The number of hydrogen-bond acceptors (Lipinski definition) is 8. The predicted molar refractivity (Wildman–Crippen MR) is 139 cm³/mol. The van der Waals surface area contributed by atoms with Crippen LogP contribution in [0.3, 0.4) is 0 Å². The van der Waals surface area contributed by atoms with Crippen molar-refractivity contribution in [3.8, 4) is 0 Å². The van der Waals surface area contributed by atoms with Crippen LogP contribution in [0.4, 0.5) is 4.79 Å². The Kier molecular flexibility index (Phi) is 12.3. The Labute approximate surface area is 225 Å². The normalized spacial score (nSPS) is 17.9. The molecule has 2 fully saturated rings. The van der Waals surface area contributed by atoms with Crippen LogP contribution in [0.5, 0.6) is 0 Å². The number of carbonyl (C=O) groups is 5. The molecule has 11 heteroatoms. The molecule has 0 aliphatic heterocycles. The van der Waals surface area contributed by atoms with Gasteiger partial charge in [0.25, 0.3) is 0 Å². The maximum Gasteiger partial charge on any atom is 0.408 e. The van der Waals surface area contributed by atoms with Crippen LogP contribution in [0, 0.1) is 5.92 Å². The fourth-order valence-corrected chi connectivity index (χ4v) is 4.50. The Hall–Kier alpha value is -2.85. The summed E-state index contributed by atoms with van der Waals surface area (Å²) >= 11 is 0. The van der Waals surface area contributed by atoms with Gasteiger partial charge in [0.2, 0.25) is 11.8 Å². The van der Waals surface area contributed by atoms with Crippen LogP contribution in [0.1, 0.15) is 98.8 Å². The highest BCUT2D eigenvalue weighted by molar-refractivity contribution is 5.92. The van der Waals surface area contributed by atoms with Crippen molar-refractivity contribution in [3.63, 3.8) is 0 Å². The molecule has 38 heavy (non-hydrogen) atoms. The molecule has 2 rings (SSSR count). The molecule has 0 spiro atoms. The Balaban J connectivity index is 1.96. The summed E-state index contributed by atoms with van der Waals surface area (Å²) in [6.07, 6.45) is 6.17. The van der Waals surface area contributed by atoms with Gasteiger partial charge in [0.05, 0.1) is 0 Å². The summed E-state index contributed by atoms with van der Waals surface area (Å²) in [7, 11) is 0. The first-order chi connectivity index (χ1) is 17.8. The monoisotopic (exact) mass is 539 g/mol. The van der Waals surface area contributed by atoms with Gasteiger partial charge in [-0.25, -0.2) is 9.59 Å². The molecule has 2 aliphatic carbocycles. The third-order valence-electron chi connectivity index (χ3n) is 6.48. The molecule has 2 saturated carbocycles. The van der Waals surface area contributed by atoms with Crippen LogP contribution in [0.25, 0.3) is 0 Å². The van der Waals surface area contributed by atoms with E-state index in [1.165, 1.54) is 0 Å². The first-order valence-corrected chi connectivity index (χ1v) is 13.8. The van der Waals surface area contributed by atoms with Crippen molar-refractivity contribution in [2.45, 2.75) is 129 Å². The Morgan fingerprint density at radius 1 is 0.842 bits per heavy atom. The third kappa shape index (κ3) is 11.7. The lowest BCUT2D eigenvalue weighted by atomic mass is 10.0. The van der Waals surface area contributed by atoms with E-state index in [0.717, 1.165) is 51.4 Å². The van der Waals surface area contributed by atoms with E-state index in [1.54, 1.807) is 34.6 Å². The number of nitrogens with one attached hydrogen (secondary N) is 3. The largest absolute Gasteiger partial charge is 0.462 e. The van der Waals surface area contributed by atoms with Gasteiger partial charge in [0.1, 0.15) is 36.4 Å². The first-order valence-electron chi connectivity index (χ1n) is 13.8. The van der Waals surface area contributed by atoms with E-state index in [-0.39, 0.29) is 37.5 Å². The zero-order valence-corrected chi connectivity index (χ0v) is 23.4. The molecular formula is C27H45N3O8. The van der Waals surface area contributed by atoms with Crippen molar-refractivity contribution in [2.24, 2.45) is 5.92 Å². The van der Waals surface area contributed by atoms with Crippen LogP contribution in [-0.4, -0.2) is 66.3 Å². The van der Waals surface area contributed by atoms with E-state index in [2.05, 4.69) is 16.0 Å². The number of amides is 3. The minimum Gasteiger partial charge on any atom is -0.462 e. The second-order valence-corrected chi connectivity index (χ2v) is 11.5. The highest BCUT2D eigenvalue weighted by Crippen LogP contribution is 2.23. The third-order valence-corrected chi connectivity index (χ3v) is 6.48. The molecular weight excluding hydrogens is 494 g/mol. The van der Waals surface area contributed by atoms with E-state index in [4.69, 9.17) is 14.2 Å². The molecule has 2 unspecified atom stereocenters.